The molecule has 6 heteroatoms. The topological polar surface area (TPSA) is 64.9 Å². The molecular formula is C14H12ClN3OS. The second-order valence-electron chi connectivity index (χ2n) is 4.45. The summed E-state index contributed by atoms with van der Waals surface area (Å²) in [5.74, 6) is 0.980. The highest BCUT2D eigenvalue weighted by atomic mass is 35.5. The van der Waals surface area contributed by atoms with Crippen molar-refractivity contribution in [3.63, 3.8) is 0 Å². The highest BCUT2D eigenvalue weighted by Gasteiger charge is 2.18. The van der Waals surface area contributed by atoms with Gasteiger partial charge in [-0.2, -0.15) is 4.98 Å². The van der Waals surface area contributed by atoms with Crippen LogP contribution in [-0.2, 0) is 0 Å². The molecule has 0 radical (unpaired) electrons. The Balaban J connectivity index is 2.04. The Hall–Kier alpha value is -1.85. The van der Waals surface area contributed by atoms with Crippen molar-refractivity contribution in [3.05, 3.63) is 39.7 Å². The lowest BCUT2D eigenvalue weighted by atomic mass is 10.1. The van der Waals surface area contributed by atoms with E-state index < -0.39 is 0 Å². The molecule has 0 aliphatic rings. The molecule has 20 heavy (non-hydrogen) atoms. The van der Waals surface area contributed by atoms with E-state index in [-0.39, 0.29) is 0 Å². The van der Waals surface area contributed by atoms with Gasteiger partial charge < -0.3 is 10.3 Å². The van der Waals surface area contributed by atoms with Crippen molar-refractivity contribution in [3.8, 4) is 22.8 Å². The van der Waals surface area contributed by atoms with Crippen LogP contribution in [0.4, 0.5) is 5.00 Å². The van der Waals surface area contributed by atoms with Gasteiger partial charge in [0.05, 0.1) is 10.6 Å². The fraction of sp³-hybridized carbons (Fsp3) is 0.143. The van der Waals surface area contributed by atoms with Gasteiger partial charge in [-0.25, -0.2) is 0 Å². The summed E-state index contributed by atoms with van der Waals surface area (Å²) in [6, 6.07) is 7.29. The van der Waals surface area contributed by atoms with Gasteiger partial charge in [-0.05, 0) is 43.7 Å². The highest BCUT2D eigenvalue weighted by Crippen LogP contribution is 2.37. The Bertz CT molecular complexity index is 761. The standard InChI is InChI=1S/C14H12ClN3OS/c1-7-8(2)20-12(16)11(7)14-17-13(18-19-14)9-3-5-10(15)6-4-9/h3-6H,16H2,1-2H3. The van der Waals surface area contributed by atoms with E-state index in [0.717, 1.165) is 21.6 Å². The van der Waals surface area contributed by atoms with Crippen LogP contribution in [0.5, 0.6) is 0 Å². The van der Waals surface area contributed by atoms with Crippen molar-refractivity contribution >= 4 is 27.9 Å². The molecule has 3 rings (SSSR count). The molecule has 0 spiro atoms. The number of aromatic nitrogens is 2. The molecule has 2 N–H and O–H groups in total. The first kappa shape index (κ1) is 13.1. The van der Waals surface area contributed by atoms with Crippen molar-refractivity contribution < 1.29 is 4.52 Å². The first-order valence-corrected chi connectivity index (χ1v) is 7.21. The maximum Gasteiger partial charge on any atom is 0.261 e. The van der Waals surface area contributed by atoms with Crippen molar-refractivity contribution in [1.29, 1.82) is 0 Å². The predicted molar refractivity (Wildman–Crippen MR) is 81.9 cm³/mol. The van der Waals surface area contributed by atoms with Gasteiger partial charge in [0, 0.05) is 15.5 Å². The molecule has 0 saturated heterocycles. The SMILES string of the molecule is Cc1sc(N)c(-c2nc(-c3ccc(Cl)cc3)no2)c1C. The molecule has 0 aliphatic heterocycles. The minimum absolute atomic E-state index is 0.453. The van der Waals surface area contributed by atoms with Crippen LogP contribution in [0.25, 0.3) is 22.8 Å². The summed E-state index contributed by atoms with van der Waals surface area (Å²) in [4.78, 5) is 5.58. The van der Waals surface area contributed by atoms with Gasteiger partial charge in [-0.1, -0.05) is 16.8 Å². The van der Waals surface area contributed by atoms with E-state index in [1.165, 1.54) is 11.3 Å². The third kappa shape index (κ3) is 2.19. The zero-order valence-corrected chi connectivity index (χ0v) is 12.5. The van der Waals surface area contributed by atoms with E-state index in [0.29, 0.717) is 21.7 Å². The summed E-state index contributed by atoms with van der Waals surface area (Å²) in [5.41, 5.74) is 8.79. The molecule has 0 saturated carbocycles. The molecular weight excluding hydrogens is 294 g/mol. The third-order valence-electron chi connectivity index (χ3n) is 3.15. The molecule has 102 valence electrons. The van der Waals surface area contributed by atoms with Crippen LogP contribution in [0.15, 0.2) is 28.8 Å². The van der Waals surface area contributed by atoms with Gasteiger partial charge in [-0.15, -0.1) is 11.3 Å². The number of hydrogen-bond donors (Lipinski definition) is 1. The Morgan fingerprint density at radius 1 is 1.20 bits per heavy atom. The number of nitrogen functional groups attached to an aromatic ring is 1. The summed E-state index contributed by atoms with van der Waals surface area (Å²) in [5, 5.41) is 5.38. The van der Waals surface area contributed by atoms with E-state index in [1.807, 2.05) is 26.0 Å². The second kappa shape index (κ2) is 4.92. The number of anilines is 1. The summed E-state index contributed by atoms with van der Waals surface area (Å²) >= 11 is 7.40. The number of nitrogens with zero attached hydrogens (tertiary/aromatic N) is 2. The second-order valence-corrected chi connectivity index (χ2v) is 6.15. The van der Waals surface area contributed by atoms with Crippen molar-refractivity contribution in [2.24, 2.45) is 0 Å². The van der Waals surface area contributed by atoms with Crippen LogP contribution >= 0.6 is 22.9 Å². The van der Waals surface area contributed by atoms with Crippen LogP contribution in [0, 0.1) is 13.8 Å². The number of aryl methyl sites for hydroxylation is 1. The molecule has 0 fully saturated rings. The molecule has 0 amide bonds. The largest absolute Gasteiger partial charge is 0.390 e. The number of nitrogens with two attached hydrogens (primary N) is 1. The third-order valence-corrected chi connectivity index (χ3v) is 4.44. The quantitative estimate of drug-likeness (QED) is 0.766. The number of rotatable bonds is 2. The molecule has 2 heterocycles. The van der Waals surface area contributed by atoms with Crippen LogP contribution in [0.1, 0.15) is 10.4 Å². The van der Waals surface area contributed by atoms with E-state index >= 15 is 0 Å². The Labute approximate surface area is 125 Å². The molecule has 0 unspecified atom stereocenters. The Morgan fingerprint density at radius 2 is 1.90 bits per heavy atom. The van der Waals surface area contributed by atoms with Gasteiger partial charge in [0.25, 0.3) is 5.89 Å². The van der Waals surface area contributed by atoms with Gasteiger partial charge >= 0.3 is 0 Å². The Morgan fingerprint density at radius 3 is 2.50 bits per heavy atom. The van der Waals surface area contributed by atoms with Gasteiger partial charge in [0.1, 0.15) is 0 Å². The number of thiophene rings is 1. The maximum atomic E-state index is 6.02. The fourth-order valence-corrected chi connectivity index (χ4v) is 3.01. The zero-order valence-electron chi connectivity index (χ0n) is 11.0. The number of halogens is 1. The Kier molecular flexibility index (Phi) is 3.23. The molecule has 4 nitrogen and oxygen atoms in total. The molecule has 0 atom stereocenters. The minimum Gasteiger partial charge on any atom is -0.390 e. The van der Waals surface area contributed by atoms with Crippen molar-refractivity contribution in [2.45, 2.75) is 13.8 Å². The van der Waals surface area contributed by atoms with E-state index in [2.05, 4.69) is 10.1 Å². The molecule has 2 aromatic heterocycles. The monoisotopic (exact) mass is 305 g/mol. The van der Waals surface area contributed by atoms with Gasteiger partial charge in [0.15, 0.2) is 0 Å². The lowest BCUT2D eigenvalue weighted by molar-refractivity contribution is 0.432. The van der Waals surface area contributed by atoms with Crippen LogP contribution in [0.2, 0.25) is 5.02 Å². The van der Waals surface area contributed by atoms with Gasteiger partial charge in [-0.3, -0.25) is 0 Å². The normalized spacial score (nSPS) is 10.9. The van der Waals surface area contributed by atoms with E-state index in [4.69, 9.17) is 21.9 Å². The van der Waals surface area contributed by atoms with E-state index in [9.17, 15) is 0 Å². The zero-order chi connectivity index (χ0) is 14.3. The first-order valence-electron chi connectivity index (χ1n) is 6.01. The summed E-state index contributed by atoms with van der Waals surface area (Å²) < 4.78 is 5.34. The smallest absolute Gasteiger partial charge is 0.261 e. The molecule has 1 aromatic carbocycles. The number of hydrogen-bond acceptors (Lipinski definition) is 5. The van der Waals surface area contributed by atoms with Crippen molar-refractivity contribution in [1.82, 2.24) is 10.1 Å². The lowest BCUT2D eigenvalue weighted by Gasteiger charge is -1.95. The summed E-state index contributed by atoms with van der Waals surface area (Å²) in [6.45, 7) is 4.03. The first-order chi connectivity index (χ1) is 9.56. The van der Waals surface area contributed by atoms with Crippen LogP contribution in [-0.4, -0.2) is 10.1 Å². The fourth-order valence-electron chi connectivity index (χ4n) is 1.96. The van der Waals surface area contributed by atoms with E-state index in [1.54, 1.807) is 12.1 Å². The summed E-state index contributed by atoms with van der Waals surface area (Å²) in [6.07, 6.45) is 0. The van der Waals surface area contributed by atoms with Crippen LogP contribution in [0.3, 0.4) is 0 Å². The summed E-state index contributed by atoms with van der Waals surface area (Å²) in [7, 11) is 0. The molecule has 3 aromatic rings. The molecule has 0 bridgehead atoms. The average molecular weight is 306 g/mol. The average Bonchev–Trinajstić information content (AvgIpc) is 2.97. The maximum absolute atomic E-state index is 6.02. The minimum atomic E-state index is 0.453. The highest BCUT2D eigenvalue weighted by molar-refractivity contribution is 7.16. The van der Waals surface area contributed by atoms with Crippen molar-refractivity contribution in [2.75, 3.05) is 5.73 Å². The lowest BCUT2D eigenvalue weighted by Crippen LogP contribution is -1.86. The predicted octanol–water partition coefficient (Wildman–Crippen LogP) is 4.32. The molecule has 0 aliphatic carbocycles. The number of benzene rings is 1. The van der Waals surface area contributed by atoms with Gasteiger partial charge in [0.2, 0.25) is 5.82 Å². The van der Waals surface area contributed by atoms with Crippen LogP contribution < -0.4 is 5.73 Å².